The van der Waals surface area contributed by atoms with Gasteiger partial charge in [0, 0.05) is 17.6 Å². The summed E-state index contributed by atoms with van der Waals surface area (Å²) < 4.78 is 34.4. The second-order valence-electron chi connectivity index (χ2n) is 9.74. The number of nitrogens with zero attached hydrogens (tertiary/aromatic N) is 2. The molecule has 0 unspecified atom stereocenters. The van der Waals surface area contributed by atoms with E-state index < -0.39 is 28.5 Å². The van der Waals surface area contributed by atoms with E-state index in [2.05, 4.69) is 5.32 Å². The maximum absolute atomic E-state index is 14.1. The van der Waals surface area contributed by atoms with Crippen LogP contribution >= 0.6 is 11.6 Å². The van der Waals surface area contributed by atoms with Crippen molar-refractivity contribution in [1.82, 2.24) is 10.2 Å². The van der Waals surface area contributed by atoms with E-state index in [1.807, 2.05) is 52.0 Å². The molecule has 0 bridgehead atoms. The number of methoxy groups -OCH3 is 1. The van der Waals surface area contributed by atoms with E-state index in [-0.39, 0.29) is 39.8 Å². The second kappa shape index (κ2) is 13.7. The number of hydrogen-bond donors (Lipinski definition) is 1. The van der Waals surface area contributed by atoms with Gasteiger partial charge < -0.3 is 15.0 Å². The quantitative estimate of drug-likeness (QED) is 0.316. The summed E-state index contributed by atoms with van der Waals surface area (Å²) in [5, 5.41) is 3.16. The summed E-state index contributed by atoms with van der Waals surface area (Å²) in [6.07, 6.45) is 0.335. The molecule has 3 aromatic carbocycles. The highest BCUT2D eigenvalue weighted by Crippen LogP contribution is 2.35. The van der Waals surface area contributed by atoms with Gasteiger partial charge in [0.1, 0.15) is 18.3 Å². The van der Waals surface area contributed by atoms with Crippen LogP contribution in [-0.2, 0) is 26.2 Å². The van der Waals surface area contributed by atoms with E-state index in [0.717, 1.165) is 15.4 Å². The number of rotatable bonds is 12. The Bertz CT molecular complexity index is 1410. The summed E-state index contributed by atoms with van der Waals surface area (Å²) in [5.74, 6) is -0.630. The van der Waals surface area contributed by atoms with Gasteiger partial charge in [-0.3, -0.25) is 13.9 Å². The Morgan fingerprint density at radius 3 is 2.23 bits per heavy atom. The highest BCUT2D eigenvalue weighted by molar-refractivity contribution is 7.92. The van der Waals surface area contributed by atoms with Crippen molar-refractivity contribution in [3.63, 3.8) is 0 Å². The normalized spacial score (nSPS) is 12.1. The Balaban J connectivity index is 2.12. The molecule has 40 heavy (non-hydrogen) atoms. The van der Waals surface area contributed by atoms with Gasteiger partial charge in [0.2, 0.25) is 11.8 Å². The Kier molecular flexibility index (Phi) is 10.6. The third-order valence-electron chi connectivity index (χ3n) is 6.31. The fraction of sp³-hybridized carbons (Fsp3) is 0.333. The Morgan fingerprint density at radius 1 is 1.00 bits per heavy atom. The lowest BCUT2D eigenvalue weighted by atomic mass is 10.1. The Labute approximate surface area is 241 Å². The standard InChI is InChI=1S/C30H36ClN3O5S/c1-6-26(30(36)32-21(2)3)33(19-23-14-12-22(4)13-15-23)29(35)20-34(27-18-24(31)16-17-28(27)39-5)40(37,38)25-10-8-7-9-11-25/h7-18,21,26H,6,19-20H2,1-5H3,(H,32,36)/t26-/m0/s1. The zero-order valence-corrected chi connectivity index (χ0v) is 25.0. The van der Waals surface area contributed by atoms with Crippen LogP contribution in [-0.4, -0.2) is 50.9 Å². The van der Waals surface area contributed by atoms with Crippen molar-refractivity contribution in [2.45, 2.75) is 57.6 Å². The van der Waals surface area contributed by atoms with Gasteiger partial charge >= 0.3 is 0 Å². The van der Waals surface area contributed by atoms with Crippen LogP contribution in [0.4, 0.5) is 5.69 Å². The number of carbonyl (C=O) groups excluding carboxylic acids is 2. The molecule has 3 aromatic rings. The van der Waals surface area contributed by atoms with Gasteiger partial charge in [-0.1, -0.05) is 66.6 Å². The molecule has 0 saturated heterocycles. The van der Waals surface area contributed by atoms with E-state index >= 15 is 0 Å². The first-order valence-corrected chi connectivity index (χ1v) is 14.9. The molecule has 1 atom stereocenters. The van der Waals surface area contributed by atoms with Crippen LogP contribution in [0.3, 0.4) is 0 Å². The number of carbonyl (C=O) groups is 2. The van der Waals surface area contributed by atoms with Gasteiger partial charge in [-0.15, -0.1) is 0 Å². The SMILES string of the molecule is CC[C@@H](C(=O)NC(C)C)N(Cc1ccc(C)cc1)C(=O)CN(c1cc(Cl)ccc1OC)S(=O)(=O)c1ccccc1. The number of halogens is 1. The molecule has 0 spiro atoms. The minimum Gasteiger partial charge on any atom is -0.495 e. The Morgan fingerprint density at radius 2 is 1.65 bits per heavy atom. The van der Waals surface area contributed by atoms with Gasteiger partial charge in [-0.05, 0) is 63.1 Å². The molecule has 0 aliphatic rings. The zero-order valence-electron chi connectivity index (χ0n) is 23.4. The third-order valence-corrected chi connectivity index (χ3v) is 8.32. The highest BCUT2D eigenvalue weighted by atomic mass is 35.5. The van der Waals surface area contributed by atoms with E-state index in [0.29, 0.717) is 6.42 Å². The van der Waals surface area contributed by atoms with Gasteiger partial charge in [0.15, 0.2) is 0 Å². The summed E-state index contributed by atoms with van der Waals surface area (Å²) >= 11 is 6.27. The van der Waals surface area contributed by atoms with Crippen LogP contribution in [0.5, 0.6) is 5.75 Å². The first-order chi connectivity index (χ1) is 19.0. The first-order valence-electron chi connectivity index (χ1n) is 13.0. The zero-order chi connectivity index (χ0) is 29.4. The molecule has 0 aromatic heterocycles. The van der Waals surface area contributed by atoms with E-state index in [1.54, 1.807) is 30.3 Å². The molecule has 1 N–H and O–H groups in total. The van der Waals surface area contributed by atoms with Crippen LogP contribution in [0.15, 0.2) is 77.7 Å². The molecular formula is C30H36ClN3O5S. The molecule has 8 nitrogen and oxygen atoms in total. The molecule has 0 aliphatic carbocycles. The predicted octanol–water partition coefficient (Wildman–Crippen LogP) is 5.18. The van der Waals surface area contributed by atoms with Crippen molar-refractivity contribution in [3.05, 3.63) is 88.9 Å². The van der Waals surface area contributed by atoms with Gasteiger partial charge in [-0.2, -0.15) is 0 Å². The summed E-state index contributed by atoms with van der Waals surface area (Å²) in [4.78, 5) is 28.8. The lowest BCUT2D eigenvalue weighted by molar-refractivity contribution is -0.140. The predicted molar refractivity (Wildman–Crippen MR) is 158 cm³/mol. The number of anilines is 1. The number of aryl methyl sites for hydroxylation is 1. The number of sulfonamides is 1. The minimum absolute atomic E-state index is 0.000458. The van der Waals surface area contributed by atoms with Crippen molar-refractivity contribution in [3.8, 4) is 5.75 Å². The summed E-state index contributed by atoms with van der Waals surface area (Å²) in [6, 6.07) is 19.1. The fourth-order valence-corrected chi connectivity index (χ4v) is 5.89. The average Bonchev–Trinajstić information content (AvgIpc) is 2.92. The van der Waals surface area contributed by atoms with E-state index in [1.165, 1.54) is 30.2 Å². The van der Waals surface area contributed by atoms with Crippen molar-refractivity contribution < 1.29 is 22.7 Å². The largest absolute Gasteiger partial charge is 0.495 e. The van der Waals surface area contributed by atoms with E-state index in [9.17, 15) is 18.0 Å². The smallest absolute Gasteiger partial charge is 0.264 e. The number of benzene rings is 3. The lowest BCUT2D eigenvalue weighted by Gasteiger charge is -2.34. The maximum atomic E-state index is 14.1. The Hall–Kier alpha value is -3.56. The number of amides is 2. The molecule has 0 radical (unpaired) electrons. The van der Waals surface area contributed by atoms with Crippen molar-refractivity contribution in [2.24, 2.45) is 0 Å². The van der Waals surface area contributed by atoms with Crippen molar-refractivity contribution >= 4 is 39.1 Å². The minimum atomic E-state index is -4.24. The van der Waals surface area contributed by atoms with Gasteiger partial charge in [0.05, 0.1) is 17.7 Å². The van der Waals surface area contributed by atoms with Crippen LogP contribution < -0.4 is 14.4 Å². The number of ether oxygens (including phenoxy) is 1. The number of nitrogens with one attached hydrogen (secondary N) is 1. The molecule has 0 saturated carbocycles. The van der Waals surface area contributed by atoms with Crippen LogP contribution in [0, 0.1) is 6.92 Å². The summed E-state index contributed by atoms with van der Waals surface area (Å²) in [7, 11) is -2.82. The highest BCUT2D eigenvalue weighted by Gasteiger charge is 2.35. The topological polar surface area (TPSA) is 96.0 Å². The lowest BCUT2D eigenvalue weighted by Crippen LogP contribution is -2.53. The fourth-order valence-electron chi connectivity index (χ4n) is 4.28. The second-order valence-corrected chi connectivity index (χ2v) is 12.0. The molecule has 10 heteroatoms. The first kappa shape index (κ1) is 31.0. The average molecular weight is 586 g/mol. The van der Waals surface area contributed by atoms with Crippen LogP contribution in [0.25, 0.3) is 0 Å². The number of hydrogen-bond acceptors (Lipinski definition) is 5. The van der Waals surface area contributed by atoms with Gasteiger partial charge in [-0.25, -0.2) is 8.42 Å². The molecule has 0 heterocycles. The van der Waals surface area contributed by atoms with Crippen LogP contribution in [0.1, 0.15) is 38.3 Å². The van der Waals surface area contributed by atoms with Gasteiger partial charge in [0.25, 0.3) is 10.0 Å². The third kappa shape index (κ3) is 7.55. The molecule has 0 fully saturated rings. The van der Waals surface area contributed by atoms with Crippen LogP contribution in [0.2, 0.25) is 5.02 Å². The molecular weight excluding hydrogens is 550 g/mol. The molecule has 214 valence electrons. The van der Waals surface area contributed by atoms with Crippen molar-refractivity contribution in [2.75, 3.05) is 18.0 Å². The monoisotopic (exact) mass is 585 g/mol. The molecule has 2 amide bonds. The van der Waals surface area contributed by atoms with Crippen molar-refractivity contribution in [1.29, 1.82) is 0 Å². The summed E-state index contributed by atoms with van der Waals surface area (Å²) in [6.45, 7) is 7.01. The molecule has 0 aliphatic heterocycles. The summed E-state index contributed by atoms with van der Waals surface area (Å²) in [5.41, 5.74) is 1.98. The van der Waals surface area contributed by atoms with E-state index in [4.69, 9.17) is 16.3 Å². The molecule has 3 rings (SSSR count). The maximum Gasteiger partial charge on any atom is 0.264 e.